The monoisotopic (exact) mass is 359 g/mol. The summed E-state index contributed by atoms with van der Waals surface area (Å²) in [5.74, 6) is 0.995. The molecule has 1 fully saturated rings. The normalized spacial score (nSPS) is 17.0. The molecule has 0 saturated heterocycles. The van der Waals surface area contributed by atoms with Gasteiger partial charge < -0.3 is 9.73 Å². The minimum atomic E-state index is -1.18. The number of benzene rings is 1. The van der Waals surface area contributed by atoms with Gasteiger partial charge in [-0.15, -0.1) is 0 Å². The van der Waals surface area contributed by atoms with Gasteiger partial charge in [-0.3, -0.25) is 9.00 Å². The molecule has 0 radical (unpaired) electrons. The van der Waals surface area contributed by atoms with Crippen molar-refractivity contribution < 1.29 is 13.4 Å². The maximum absolute atomic E-state index is 12.5. The van der Waals surface area contributed by atoms with Crippen LogP contribution in [-0.2, 0) is 16.6 Å². The molecular formula is C20H25NO3S. The van der Waals surface area contributed by atoms with Crippen LogP contribution in [-0.4, -0.2) is 16.2 Å². The van der Waals surface area contributed by atoms with Gasteiger partial charge in [0.1, 0.15) is 5.76 Å². The number of aryl methyl sites for hydroxylation is 1. The van der Waals surface area contributed by atoms with Gasteiger partial charge in [0, 0.05) is 10.9 Å². The van der Waals surface area contributed by atoms with Crippen LogP contribution in [0.25, 0.3) is 0 Å². The summed E-state index contributed by atoms with van der Waals surface area (Å²) >= 11 is 0. The molecule has 25 heavy (non-hydrogen) atoms. The number of amides is 1. The Morgan fingerprint density at radius 3 is 2.56 bits per heavy atom. The summed E-state index contributed by atoms with van der Waals surface area (Å²) < 4.78 is 18.2. The summed E-state index contributed by atoms with van der Waals surface area (Å²) in [6.07, 6.45) is 6.92. The first-order valence-electron chi connectivity index (χ1n) is 8.97. The summed E-state index contributed by atoms with van der Waals surface area (Å²) in [4.78, 5) is 13.2. The van der Waals surface area contributed by atoms with Gasteiger partial charge in [-0.05, 0) is 43.5 Å². The summed E-state index contributed by atoms with van der Waals surface area (Å²) in [5, 5.41) is 3.07. The van der Waals surface area contributed by atoms with Crippen LogP contribution in [0.1, 0.15) is 60.4 Å². The molecule has 3 rings (SSSR count). The molecule has 1 aliphatic rings. The SMILES string of the molecule is Cc1ccccc1[S@@](=O)Cc1ccc(C(=O)NC2CCCCCC2)o1. The van der Waals surface area contributed by atoms with Gasteiger partial charge >= 0.3 is 0 Å². The molecule has 0 aliphatic heterocycles. The van der Waals surface area contributed by atoms with Gasteiger partial charge in [-0.1, -0.05) is 43.9 Å². The van der Waals surface area contributed by atoms with Crippen molar-refractivity contribution in [2.45, 2.75) is 62.1 Å². The molecule has 1 N–H and O–H groups in total. The van der Waals surface area contributed by atoms with Crippen molar-refractivity contribution in [2.75, 3.05) is 0 Å². The van der Waals surface area contributed by atoms with Crippen molar-refractivity contribution in [1.82, 2.24) is 5.32 Å². The predicted molar refractivity (Wildman–Crippen MR) is 99.0 cm³/mol. The highest BCUT2D eigenvalue weighted by Gasteiger charge is 2.19. The van der Waals surface area contributed by atoms with E-state index in [2.05, 4.69) is 5.32 Å². The standard InChI is InChI=1S/C20H25NO3S/c1-15-8-6-7-11-19(15)25(23)14-17-12-13-18(24-17)20(22)21-16-9-4-2-3-5-10-16/h6-8,11-13,16H,2-5,9-10,14H2,1H3,(H,21,22)/t25-/m0/s1. The van der Waals surface area contributed by atoms with Crippen molar-refractivity contribution in [3.63, 3.8) is 0 Å². The number of hydrogen-bond acceptors (Lipinski definition) is 3. The van der Waals surface area contributed by atoms with E-state index in [1.165, 1.54) is 25.7 Å². The molecule has 0 spiro atoms. The van der Waals surface area contributed by atoms with Crippen LogP contribution in [0.15, 0.2) is 45.7 Å². The lowest BCUT2D eigenvalue weighted by molar-refractivity contribution is 0.0904. The number of carbonyl (C=O) groups is 1. The maximum atomic E-state index is 12.5. The second kappa shape index (κ2) is 8.48. The molecule has 0 bridgehead atoms. The first-order valence-corrected chi connectivity index (χ1v) is 10.3. The zero-order valence-electron chi connectivity index (χ0n) is 14.6. The third-order valence-corrected chi connectivity index (χ3v) is 6.18. The molecule has 4 nitrogen and oxygen atoms in total. The smallest absolute Gasteiger partial charge is 0.287 e. The lowest BCUT2D eigenvalue weighted by atomic mass is 10.1. The second-order valence-electron chi connectivity index (χ2n) is 6.68. The summed E-state index contributed by atoms with van der Waals surface area (Å²) in [5.41, 5.74) is 0.999. The largest absolute Gasteiger partial charge is 0.455 e. The number of carbonyl (C=O) groups excluding carboxylic acids is 1. The van der Waals surface area contributed by atoms with E-state index in [1.807, 2.05) is 31.2 Å². The predicted octanol–water partition coefficient (Wildman–Crippen LogP) is 4.35. The Morgan fingerprint density at radius 2 is 1.84 bits per heavy atom. The molecule has 1 heterocycles. The van der Waals surface area contributed by atoms with Gasteiger partial charge in [0.25, 0.3) is 5.91 Å². The Kier molecular flexibility index (Phi) is 6.08. The van der Waals surface area contributed by atoms with E-state index in [9.17, 15) is 9.00 Å². The molecule has 0 unspecified atom stereocenters. The highest BCUT2D eigenvalue weighted by molar-refractivity contribution is 7.84. The van der Waals surface area contributed by atoms with Crippen LogP contribution >= 0.6 is 0 Å². The van der Waals surface area contributed by atoms with Crippen LogP contribution in [0.2, 0.25) is 0 Å². The van der Waals surface area contributed by atoms with Crippen molar-refractivity contribution in [3.05, 3.63) is 53.5 Å². The van der Waals surface area contributed by atoms with Gasteiger partial charge in [0.05, 0.1) is 16.6 Å². The highest BCUT2D eigenvalue weighted by Crippen LogP contribution is 2.20. The second-order valence-corrected chi connectivity index (χ2v) is 8.10. The Hall–Kier alpha value is -1.88. The lowest BCUT2D eigenvalue weighted by Crippen LogP contribution is -2.34. The number of hydrogen-bond donors (Lipinski definition) is 1. The summed E-state index contributed by atoms with van der Waals surface area (Å²) in [6, 6.07) is 11.3. The minimum Gasteiger partial charge on any atom is -0.455 e. The van der Waals surface area contributed by atoms with Crippen molar-refractivity contribution in [1.29, 1.82) is 0 Å². The Balaban J connectivity index is 1.61. The molecule has 1 aromatic carbocycles. The molecule has 1 aromatic heterocycles. The first-order chi connectivity index (χ1) is 12.1. The zero-order chi connectivity index (χ0) is 17.6. The van der Waals surface area contributed by atoms with E-state index in [4.69, 9.17) is 4.42 Å². The van der Waals surface area contributed by atoms with E-state index in [-0.39, 0.29) is 17.7 Å². The molecule has 134 valence electrons. The maximum Gasteiger partial charge on any atom is 0.287 e. The minimum absolute atomic E-state index is 0.167. The van der Waals surface area contributed by atoms with E-state index in [0.717, 1.165) is 23.3 Å². The highest BCUT2D eigenvalue weighted by atomic mass is 32.2. The van der Waals surface area contributed by atoms with Gasteiger partial charge in [0.2, 0.25) is 0 Å². The fraction of sp³-hybridized carbons (Fsp3) is 0.450. The summed E-state index contributed by atoms with van der Waals surface area (Å²) in [6.45, 7) is 1.95. The van der Waals surface area contributed by atoms with E-state index >= 15 is 0 Å². The van der Waals surface area contributed by atoms with Gasteiger partial charge in [-0.2, -0.15) is 0 Å². The Labute approximate surface area is 151 Å². The fourth-order valence-corrected chi connectivity index (χ4v) is 4.50. The lowest BCUT2D eigenvalue weighted by Gasteiger charge is -2.14. The summed E-state index contributed by atoms with van der Waals surface area (Å²) in [7, 11) is -1.18. The van der Waals surface area contributed by atoms with Crippen molar-refractivity contribution in [2.24, 2.45) is 0 Å². The average molecular weight is 359 g/mol. The zero-order valence-corrected chi connectivity index (χ0v) is 15.4. The number of furan rings is 1. The Morgan fingerprint density at radius 1 is 1.12 bits per heavy atom. The third kappa shape index (κ3) is 4.82. The fourth-order valence-electron chi connectivity index (χ4n) is 3.28. The van der Waals surface area contributed by atoms with Crippen molar-refractivity contribution >= 4 is 16.7 Å². The third-order valence-electron chi connectivity index (χ3n) is 4.69. The van der Waals surface area contributed by atoms with Crippen LogP contribution in [0, 0.1) is 6.92 Å². The van der Waals surface area contributed by atoms with Crippen LogP contribution in [0.4, 0.5) is 0 Å². The molecule has 5 heteroatoms. The molecule has 2 aromatic rings. The van der Waals surface area contributed by atoms with Crippen LogP contribution in [0.5, 0.6) is 0 Å². The molecule has 1 aliphatic carbocycles. The number of nitrogens with one attached hydrogen (secondary N) is 1. The van der Waals surface area contributed by atoms with Crippen molar-refractivity contribution in [3.8, 4) is 0 Å². The first kappa shape index (κ1) is 17.9. The molecule has 1 atom stereocenters. The molecule has 1 amide bonds. The van der Waals surface area contributed by atoms with Gasteiger partial charge in [-0.25, -0.2) is 0 Å². The molecular weight excluding hydrogens is 334 g/mol. The van der Waals surface area contributed by atoms with E-state index in [1.54, 1.807) is 12.1 Å². The Bertz CT molecular complexity index is 745. The average Bonchev–Trinajstić information content (AvgIpc) is 2.91. The van der Waals surface area contributed by atoms with Crippen LogP contribution < -0.4 is 5.32 Å². The number of rotatable bonds is 5. The quantitative estimate of drug-likeness (QED) is 0.808. The molecule has 1 saturated carbocycles. The van der Waals surface area contributed by atoms with E-state index < -0.39 is 10.8 Å². The van der Waals surface area contributed by atoms with E-state index in [0.29, 0.717) is 11.5 Å². The topological polar surface area (TPSA) is 59.3 Å². The van der Waals surface area contributed by atoms with Gasteiger partial charge in [0.15, 0.2) is 5.76 Å². The van der Waals surface area contributed by atoms with Crippen LogP contribution in [0.3, 0.4) is 0 Å².